The number of hydrogen-bond donors (Lipinski definition) is 1. The van der Waals surface area contributed by atoms with Crippen LogP contribution in [0.1, 0.15) is 37.7 Å². The number of aromatic nitrogens is 2. The van der Waals surface area contributed by atoms with E-state index in [1.165, 1.54) is 32.1 Å². The molecule has 1 amide bonds. The maximum atomic E-state index is 12.4. The molecule has 3 rings (SSSR count). The monoisotopic (exact) mass is 360 g/mol. The molecule has 134 valence electrons. The van der Waals surface area contributed by atoms with Gasteiger partial charge in [-0.1, -0.05) is 43.0 Å². The molecule has 1 heterocycles. The number of halogens is 1. The Kier molecular flexibility index (Phi) is 6.10. The fourth-order valence-corrected chi connectivity index (χ4v) is 3.65. The molecule has 1 aliphatic rings. The van der Waals surface area contributed by atoms with Crippen LogP contribution in [0, 0.1) is 0 Å². The largest absolute Gasteiger partial charge is 0.310 e. The van der Waals surface area contributed by atoms with Crippen molar-refractivity contribution in [2.45, 2.75) is 44.7 Å². The zero-order valence-corrected chi connectivity index (χ0v) is 15.4. The molecule has 1 aromatic carbocycles. The quantitative estimate of drug-likeness (QED) is 0.852. The minimum absolute atomic E-state index is 0.000850. The van der Waals surface area contributed by atoms with E-state index in [2.05, 4.69) is 15.3 Å². The Morgan fingerprint density at radius 1 is 1.32 bits per heavy atom. The molecule has 5 nitrogen and oxygen atoms in total. The number of amides is 1. The molecule has 1 aliphatic carbocycles. The average Bonchev–Trinajstić information content (AvgIpc) is 3.02. The topological polar surface area (TPSA) is 50.2 Å². The van der Waals surface area contributed by atoms with Crippen LogP contribution in [0.3, 0.4) is 0 Å². The van der Waals surface area contributed by atoms with Crippen molar-refractivity contribution in [2.75, 3.05) is 18.9 Å². The van der Waals surface area contributed by atoms with E-state index in [9.17, 15) is 4.79 Å². The molecule has 0 spiro atoms. The van der Waals surface area contributed by atoms with Crippen LogP contribution in [0.4, 0.5) is 5.82 Å². The van der Waals surface area contributed by atoms with Crippen LogP contribution in [0.2, 0.25) is 5.02 Å². The molecule has 2 aromatic rings. The number of carbonyl (C=O) groups is 1. The molecular formula is C19H25ClN4O. The third-order valence-electron chi connectivity index (χ3n) is 4.80. The molecule has 1 fully saturated rings. The molecule has 0 saturated heterocycles. The van der Waals surface area contributed by atoms with Crippen molar-refractivity contribution in [3.05, 3.63) is 47.1 Å². The molecule has 0 aliphatic heterocycles. The number of benzene rings is 1. The molecule has 6 heteroatoms. The first kappa shape index (κ1) is 18.0. The summed E-state index contributed by atoms with van der Waals surface area (Å²) < 4.78 is 1.78. The fourth-order valence-electron chi connectivity index (χ4n) is 3.43. The normalized spacial score (nSPS) is 15.5. The van der Waals surface area contributed by atoms with E-state index in [1.54, 1.807) is 10.9 Å². The van der Waals surface area contributed by atoms with Crippen molar-refractivity contribution in [3.63, 3.8) is 0 Å². The predicted molar refractivity (Wildman–Crippen MR) is 101 cm³/mol. The summed E-state index contributed by atoms with van der Waals surface area (Å²) in [5.41, 5.74) is 1.05. The lowest BCUT2D eigenvalue weighted by atomic mass is 9.94. The third-order valence-corrected chi connectivity index (χ3v) is 5.03. The van der Waals surface area contributed by atoms with Gasteiger partial charge in [-0.15, -0.1) is 0 Å². The number of hydrogen-bond acceptors (Lipinski definition) is 3. The number of likely N-dealkylation sites (N-methyl/N-ethyl adjacent to an activating group) is 1. The molecule has 0 unspecified atom stereocenters. The summed E-state index contributed by atoms with van der Waals surface area (Å²) in [5.74, 6) is 0.711. The summed E-state index contributed by atoms with van der Waals surface area (Å²) in [6.07, 6.45) is 7.93. The van der Waals surface area contributed by atoms with Crippen LogP contribution in [0.25, 0.3) is 0 Å². The standard InChI is InChI=1S/C19H25ClN4O/c1-23(17-8-3-2-4-9-17)14-19(25)22-18-10-11-21-24(18)13-15-6-5-7-16(20)12-15/h5-7,10-12,17H,2-4,8-9,13-14H2,1H3,(H,22,25). The highest BCUT2D eigenvalue weighted by atomic mass is 35.5. The summed E-state index contributed by atoms with van der Waals surface area (Å²) in [6, 6.07) is 10.0. The Labute approximate surface area is 154 Å². The molecule has 0 bridgehead atoms. The summed E-state index contributed by atoms with van der Waals surface area (Å²) in [5, 5.41) is 7.99. The van der Waals surface area contributed by atoms with Gasteiger partial charge in [0.15, 0.2) is 0 Å². The van der Waals surface area contributed by atoms with Gasteiger partial charge in [-0.05, 0) is 37.6 Å². The van der Waals surface area contributed by atoms with Gasteiger partial charge in [0.1, 0.15) is 5.82 Å². The van der Waals surface area contributed by atoms with E-state index >= 15 is 0 Å². The first-order chi connectivity index (χ1) is 12.1. The highest BCUT2D eigenvalue weighted by Gasteiger charge is 2.20. The van der Waals surface area contributed by atoms with Crippen molar-refractivity contribution in [1.29, 1.82) is 0 Å². The van der Waals surface area contributed by atoms with Crippen LogP contribution < -0.4 is 5.32 Å². The van der Waals surface area contributed by atoms with Crippen molar-refractivity contribution in [3.8, 4) is 0 Å². The highest BCUT2D eigenvalue weighted by Crippen LogP contribution is 2.21. The van der Waals surface area contributed by atoms with E-state index in [0.717, 1.165) is 5.56 Å². The summed E-state index contributed by atoms with van der Waals surface area (Å²) >= 11 is 6.04. The first-order valence-corrected chi connectivity index (χ1v) is 9.26. The summed E-state index contributed by atoms with van der Waals surface area (Å²) in [4.78, 5) is 14.6. The molecule has 1 N–H and O–H groups in total. The zero-order valence-electron chi connectivity index (χ0n) is 14.6. The van der Waals surface area contributed by atoms with Gasteiger partial charge in [0.05, 0.1) is 19.3 Å². The van der Waals surface area contributed by atoms with Gasteiger partial charge in [0.25, 0.3) is 0 Å². The maximum Gasteiger partial charge on any atom is 0.239 e. The first-order valence-electron chi connectivity index (χ1n) is 8.88. The lowest BCUT2D eigenvalue weighted by Gasteiger charge is -2.30. The van der Waals surface area contributed by atoms with Crippen LogP contribution in [0.15, 0.2) is 36.5 Å². The number of rotatable bonds is 6. The molecule has 1 aromatic heterocycles. The fraction of sp³-hybridized carbons (Fsp3) is 0.474. The van der Waals surface area contributed by atoms with Crippen LogP contribution in [-0.2, 0) is 11.3 Å². The molecule has 0 atom stereocenters. The van der Waals surface area contributed by atoms with E-state index in [-0.39, 0.29) is 5.91 Å². The average molecular weight is 361 g/mol. The molecule has 1 saturated carbocycles. The predicted octanol–water partition coefficient (Wildman–Crippen LogP) is 3.79. The van der Waals surface area contributed by atoms with Gasteiger partial charge in [-0.2, -0.15) is 5.10 Å². The van der Waals surface area contributed by atoms with Crippen LogP contribution >= 0.6 is 11.6 Å². The lowest BCUT2D eigenvalue weighted by Crippen LogP contribution is -2.39. The van der Waals surface area contributed by atoms with E-state index < -0.39 is 0 Å². The Bertz CT molecular complexity index is 709. The summed E-state index contributed by atoms with van der Waals surface area (Å²) in [7, 11) is 2.04. The van der Waals surface area contributed by atoms with Crippen molar-refractivity contribution in [1.82, 2.24) is 14.7 Å². The van der Waals surface area contributed by atoms with E-state index in [0.29, 0.717) is 30.0 Å². The number of carbonyl (C=O) groups excluding carboxylic acids is 1. The Morgan fingerprint density at radius 2 is 2.12 bits per heavy atom. The van der Waals surface area contributed by atoms with Crippen molar-refractivity contribution < 1.29 is 4.79 Å². The van der Waals surface area contributed by atoms with Crippen LogP contribution in [0.5, 0.6) is 0 Å². The van der Waals surface area contributed by atoms with Gasteiger partial charge >= 0.3 is 0 Å². The smallest absolute Gasteiger partial charge is 0.239 e. The number of anilines is 1. The van der Waals surface area contributed by atoms with Gasteiger partial charge < -0.3 is 5.32 Å². The van der Waals surface area contributed by atoms with Gasteiger partial charge in [-0.25, -0.2) is 4.68 Å². The van der Waals surface area contributed by atoms with Gasteiger partial charge in [0, 0.05) is 17.1 Å². The summed E-state index contributed by atoms with van der Waals surface area (Å²) in [6.45, 7) is 0.981. The zero-order chi connectivity index (χ0) is 17.6. The minimum atomic E-state index is 0.000850. The highest BCUT2D eigenvalue weighted by molar-refractivity contribution is 6.30. The Hall–Kier alpha value is -1.85. The van der Waals surface area contributed by atoms with Crippen molar-refractivity contribution in [2.24, 2.45) is 0 Å². The Balaban J connectivity index is 1.57. The maximum absolute atomic E-state index is 12.4. The van der Waals surface area contributed by atoms with Gasteiger partial charge in [-0.3, -0.25) is 9.69 Å². The molecular weight excluding hydrogens is 336 g/mol. The lowest BCUT2D eigenvalue weighted by molar-refractivity contribution is -0.117. The second-order valence-corrected chi connectivity index (χ2v) is 7.20. The van der Waals surface area contributed by atoms with Gasteiger partial charge in [0.2, 0.25) is 5.91 Å². The van der Waals surface area contributed by atoms with Crippen LogP contribution in [-0.4, -0.2) is 40.2 Å². The second-order valence-electron chi connectivity index (χ2n) is 6.76. The number of nitrogens with one attached hydrogen (secondary N) is 1. The van der Waals surface area contributed by atoms with Crippen molar-refractivity contribution >= 4 is 23.3 Å². The molecule has 0 radical (unpaired) electrons. The minimum Gasteiger partial charge on any atom is -0.310 e. The Morgan fingerprint density at radius 3 is 2.88 bits per heavy atom. The van der Waals surface area contributed by atoms with E-state index in [1.807, 2.05) is 37.4 Å². The third kappa shape index (κ3) is 5.06. The number of nitrogens with zero attached hydrogens (tertiary/aromatic N) is 3. The molecule has 25 heavy (non-hydrogen) atoms. The second kappa shape index (κ2) is 8.50. The van der Waals surface area contributed by atoms with E-state index in [4.69, 9.17) is 11.6 Å². The SMILES string of the molecule is CN(CC(=O)Nc1ccnn1Cc1cccc(Cl)c1)C1CCCCC1.